The number of hydrogen-bond acceptors (Lipinski definition) is 8. The number of rotatable bonds is 8. The van der Waals surface area contributed by atoms with E-state index in [1.807, 2.05) is 61.5 Å². The van der Waals surface area contributed by atoms with Gasteiger partial charge >= 0.3 is 0 Å². The summed E-state index contributed by atoms with van der Waals surface area (Å²) in [5.74, 6) is 0.315. The van der Waals surface area contributed by atoms with Crippen molar-refractivity contribution in [3.05, 3.63) is 79.1 Å². The van der Waals surface area contributed by atoms with Crippen molar-refractivity contribution in [1.82, 2.24) is 19.9 Å². The Labute approximate surface area is 222 Å². The van der Waals surface area contributed by atoms with E-state index in [2.05, 4.69) is 37.6 Å². The van der Waals surface area contributed by atoms with Crippen LogP contribution in [0.25, 0.3) is 22.2 Å². The van der Waals surface area contributed by atoms with Crippen LogP contribution >= 0.6 is 0 Å². The number of benzene rings is 2. The van der Waals surface area contributed by atoms with E-state index in [4.69, 9.17) is 9.72 Å². The molecule has 1 aliphatic rings. The highest BCUT2D eigenvalue weighted by Crippen LogP contribution is 2.28. The van der Waals surface area contributed by atoms with E-state index in [9.17, 15) is 4.79 Å². The van der Waals surface area contributed by atoms with Gasteiger partial charge in [-0.25, -0.2) is 9.97 Å². The number of carbonyl (C=O) groups excluding carboxylic acids is 1. The zero-order valence-electron chi connectivity index (χ0n) is 21.6. The summed E-state index contributed by atoms with van der Waals surface area (Å²) in [7, 11) is 3.91. The van der Waals surface area contributed by atoms with E-state index in [1.54, 1.807) is 18.5 Å². The van der Waals surface area contributed by atoms with Gasteiger partial charge in [0.2, 0.25) is 11.9 Å². The smallest absolute Gasteiger partial charge is 0.248 e. The molecule has 5 rings (SSSR count). The fraction of sp³-hybridized carbons (Fsp3) is 0.241. The number of para-hydroxylation sites is 1. The van der Waals surface area contributed by atoms with Crippen molar-refractivity contribution in [1.29, 1.82) is 0 Å². The lowest BCUT2D eigenvalue weighted by atomic mass is 10.1. The fourth-order valence-corrected chi connectivity index (χ4v) is 4.24. The molecular weight excluding hydrogens is 478 g/mol. The summed E-state index contributed by atoms with van der Waals surface area (Å²) in [6.07, 6.45) is 6.85. The lowest BCUT2D eigenvalue weighted by molar-refractivity contribution is -0.111. The number of carbonyl (C=O) groups is 1. The molecule has 0 atom stereocenters. The van der Waals surface area contributed by atoms with Gasteiger partial charge in [-0.05, 0) is 50.5 Å². The molecule has 0 spiro atoms. The van der Waals surface area contributed by atoms with Crippen LogP contribution in [-0.2, 0) is 9.53 Å². The maximum atomic E-state index is 12.3. The topological polar surface area (TPSA) is 95.5 Å². The molecule has 0 radical (unpaired) electrons. The first-order valence-electron chi connectivity index (χ1n) is 12.6. The number of amides is 1. The molecule has 194 valence electrons. The Morgan fingerprint density at radius 1 is 1.05 bits per heavy atom. The fourth-order valence-electron chi connectivity index (χ4n) is 4.24. The molecule has 4 aromatic rings. The van der Waals surface area contributed by atoms with Crippen molar-refractivity contribution < 1.29 is 9.53 Å². The largest absolute Gasteiger partial charge is 0.378 e. The van der Waals surface area contributed by atoms with Gasteiger partial charge in [0.1, 0.15) is 0 Å². The van der Waals surface area contributed by atoms with Crippen LogP contribution in [0.15, 0.2) is 79.1 Å². The molecule has 1 saturated heterocycles. The Kier molecular flexibility index (Phi) is 7.86. The second-order valence-corrected chi connectivity index (χ2v) is 9.29. The minimum absolute atomic E-state index is 0.185. The van der Waals surface area contributed by atoms with Crippen molar-refractivity contribution in [2.24, 2.45) is 0 Å². The van der Waals surface area contributed by atoms with Crippen LogP contribution in [0.3, 0.4) is 0 Å². The first kappa shape index (κ1) is 25.3. The second-order valence-electron chi connectivity index (χ2n) is 9.29. The molecule has 2 N–H and O–H groups in total. The molecule has 1 amide bonds. The summed E-state index contributed by atoms with van der Waals surface area (Å²) >= 11 is 0. The lowest BCUT2D eigenvalue weighted by Crippen LogP contribution is -2.36. The normalized spacial score (nSPS) is 13.8. The summed E-state index contributed by atoms with van der Waals surface area (Å²) in [6.45, 7) is 4.00. The Morgan fingerprint density at radius 2 is 1.87 bits per heavy atom. The number of hydrogen-bond donors (Lipinski definition) is 2. The molecule has 0 saturated carbocycles. The Morgan fingerprint density at radius 3 is 2.66 bits per heavy atom. The maximum absolute atomic E-state index is 12.3. The third kappa shape index (κ3) is 6.31. The van der Waals surface area contributed by atoms with Gasteiger partial charge in [-0.15, -0.1) is 0 Å². The molecule has 2 aromatic carbocycles. The Hall–Kier alpha value is -4.34. The minimum Gasteiger partial charge on any atom is -0.378 e. The standard InChI is InChI=1S/C29H31N7O2/c1-35(2)14-4-7-27(37)32-23-12-13-30-26(19-23)25-6-3-5-21-20-31-29(34-28(21)25)33-22-8-10-24(11-9-22)36-15-17-38-18-16-36/h3-13,19-20H,14-18H2,1-2H3,(H,30,32,37)(H,31,33,34)/b7-4+. The van der Waals surface area contributed by atoms with Crippen molar-refractivity contribution in [3.8, 4) is 11.3 Å². The highest BCUT2D eigenvalue weighted by Gasteiger charge is 2.12. The van der Waals surface area contributed by atoms with Crippen LogP contribution < -0.4 is 15.5 Å². The molecule has 9 nitrogen and oxygen atoms in total. The van der Waals surface area contributed by atoms with E-state index in [0.29, 0.717) is 23.9 Å². The maximum Gasteiger partial charge on any atom is 0.248 e. The van der Waals surface area contributed by atoms with Gasteiger partial charge in [-0.2, -0.15) is 0 Å². The summed E-state index contributed by atoms with van der Waals surface area (Å²) in [6, 6.07) is 17.8. The van der Waals surface area contributed by atoms with Gasteiger partial charge in [0.15, 0.2) is 0 Å². The summed E-state index contributed by atoms with van der Waals surface area (Å²) in [5.41, 5.74) is 5.09. The molecule has 2 aromatic heterocycles. The third-order valence-corrected chi connectivity index (χ3v) is 6.15. The Balaban J connectivity index is 1.35. The van der Waals surface area contributed by atoms with Gasteiger partial charge in [0.25, 0.3) is 0 Å². The van der Waals surface area contributed by atoms with Crippen molar-refractivity contribution in [3.63, 3.8) is 0 Å². The number of ether oxygens (including phenoxy) is 1. The molecule has 0 unspecified atom stereocenters. The molecular formula is C29H31N7O2. The highest BCUT2D eigenvalue weighted by atomic mass is 16.5. The molecule has 1 aliphatic heterocycles. The van der Waals surface area contributed by atoms with Crippen LogP contribution in [0.1, 0.15) is 0 Å². The number of fused-ring (bicyclic) bond motifs is 1. The average Bonchev–Trinajstić information content (AvgIpc) is 2.93. The van der Waals surface area contributed by atoms with Gasteiger partial charge in [-0.3, -0.25) is 9.78 Å². The molecule has 0 aliphatic carbocycles. The summed E-state index contributed by atoms with van der Waals surface area (Å²) < 4.78 is 5.45. The van der Waals surface area contributed by atoms with Crippen LogP contribution in [0, 0.1) is 0 Å². The van der Waals surface area contributed by atoms with Crippen LogP contribution in [0.4, 0.5) is 23.0 Å². The first-order valence-corrected chi connectivity index (χ1v) is 12.6. The number of nitrogens with one attached hydrogen (secondary N) is 2. The van der Waals surface area contributed by atoms with E-state index >= 15 is 0 Å². The van der Waals surface area contributed by atoms with Crippen molar-refractivity contribution in [2.45, 2.75) is 0 Å². The number of anilines is 4. The molecule has 1 fully saturated rings. The zero-order chi connectivity index (χ0) is 26.3. The van der Waals surface area contributed by atoms with Crippen molar-refractivity contribution in [2.75, 3.05) is 62.5 Å². The second kappa shape index (κ2) is 11.8. The number of morpholine rings is 1. The van der Waals surface area contributed by atoms with E-state index in [-0.39, 0.29) is 5.91 Å². The number of aromatic nitrogens is 3. The highest BCUT2D eigenvalue weighted by molar-refractivity contribution is 6.00. The molecule has 3 heterocycles. The number of likely N-dealkylation sites (N-methyl/N-ethyl adjacent to an activating group) is 1. The predicted molar refractivity (Wildman–Crippen MR) is 152 cm³/mol. The van der Waals surface area contributed by atoms with E-state index < -0.39 is 0 Å². The molecule has 0 bridgehead atoms. The first-order chi connectivity index (χ1) is 18.5. The Bertz CT molecular complexity index is 1430. The van der Waals surface area contributed by atoms with Crippen LogP contribution in [-0.4, -0.2) is 72.7 Å². The zero-order valence-corrected chi connectivity index (χ0v) is 21.6. The van der Waals surface area contributed by atoms with Gasteiger partial charge < -0.3 is 25.2 Å². The average molecular weight is 510 g/mol. The van der Waals surface area contributed by atoms with Crippen LogP contribution in [0.5, 0.6) is 0 Å². The SMILES string of the molecule is CN(C)C/C=C/C(=O)Nc1ccnc(-c2cccc3cnc(Nc4ccc(N5CCOCC5)cc4)nc23)c1. The predicted octanol–water partition coefficient (Wildman–Crippen LogP) is 4.33. The quantitative estimate of drug-likeness (QED) is 0.339. The number of nitrogens with zero attached hydrogens (tertiary/aromatic N) is 5. The third-order valence-electron chi connectivity index (χ3n) is 6.15. The summed E-state index contributed by atoms with van der Waals surface area (Å²) in [4.78, 5) is 30.5. The molecule has 38 heavy (non-hydrogen) atoms. The van der Waals surface area contributed by atoms with Gasteiger partial charge in [0.05, 0.1) is 24.4 Å². The van der Waals surface area contributed by atoms with Gasteiger partial charge in [0, 0.05) is 66.1 Å². The van der Waals surface area contributed by atoms with Gasteiger partial charge in [-0.1, -0.05) is 24.3 Å². The van der Waals surface area contributed by atoms with Crippen LogP contribution in [0.2, 0.25) is 0 Å². The monoisotopic (exact) mass is 509 g/mol. The van der Waals surface area contributed by atoms with Crippen molar-refractivity contribution >= 4 is 39.8 Å². The molecule has 9 heteroatoms. The summed E-state index contributed by atoms with van der Waals surface area (Å²) in [5, 5.41) is 7.12. The van der Waals surface area contributed by atoms with E-state index in [1.165, 1.54) is 11.8 Å². The van der Waals surface area contributed by atoms with E-state index in [0.717, 1.165) is 48.5 Å². The lowest BCUT2D eigenvalue weighted by Gasteiger charge is -2.28. The number of pyridine rings is 1. The minimum atomic E-state index is -0.185.